The van der Waals surface area contributed by atoms with Crippen LogP contribution >= 0.6 is 12.2 Å². The fourth-order valence-corrected chi connectivity index (χ4v) is 4.92. The molecule has 0 saturated carbocycles. The lowest BCUT2D eigenvalue weighted by molar-refractivity contribution is 0.106. The zero-order valence-corrected chi connectivity index (χ0v) is 16.3. The molecule has 5 heteroatoms. The van der Waals surface area contributed by atoms with Gasteiger partial charge in [0, 0.05) is 23.8 Å². The molecule has 2 aliphatic rings. The van der Waals surface area contributed by atoms with E-state index in [1.54, 1.807) is 6.26 Å². The van der Waals surface area contributed by atoms with Gasteiger partial charge in [-0.15, -0.1) is 0 Å². The zero-order valence-electron chi connectivity index (χ0n) is 15.5. The molecule has 2 aliphatic heterocycles. The van der Waals surface area contributed by atoms with Crippen molar-refractivity contribution in [3.63, 3.8) is 0 Å². The van der Waals surface area contributed by atoms with E-state index in [4.69, 9.17) is 16.6 Å². The Bertz CT molecular complexity index is 739. The maximum atomic E-state index is 5.57. The Morgan fingerprint density at radius 3 is 2.46 bits per heavy atom. The Morgan fingerprint density at radius 2 is 1.85 bits per heavy atom. The van der Waals surface area contributed by atoms with Crippen molar-refractivity contribution in [2.75, 3.05) is 5.32 Å². The van der Waals surface area contributed by atoms with Gasteiger partial charge >= 0.3 is 0 Å². The predicted octanol–water partition coefficient (Wildman–Crippen LogP) is 4.38. The number of hydrogen-bond acceptors (Lipinski definition) is 3. The molecule has 1 aromatic carbocycles. The van der Waals surface area contributed by atoms with E-state index in [9.17, 15) is 0 Å². The summed E-state index contributed by atoms with van der Waals surface area (Å²) in [5, 5.41) is 7.65. The molecule has 0 radical (unpaired) electrons. The molecule has 0 aliphatic carbocycles. The second kappa shape index (κ2) is 7.41. The molecule has 3 atom stereocenters. The number of fused-ring (bicyclic) bond motifs is 2. The lowest BCUT2D eigenvalue weighted by atomic mass is 9.97. The Morgan fingerprint density at radius 1 is 1.15 bits per heavy atom. The minimum absolute atomic E-state index is 0.450. The number of furan rings is 1. The minimum Gasteiger partial charge on any atom is -0.468 e. The van der Waals surface area contributed by atoms with Gasteiger partial charge in [-0.25, -0.2) is 0 Å². The van der Waals surface area contributed by atoms with Gasteiger partial charge < -0.3 is 15.1 Å². The molecule has 2 aromatic rings. The van der Waals surface area contributed by atoms with Crippen LogP contribution in [0, 0.1) is 13.8 Å². The van der Waals surface area contributed by atoms with Crippen molar-refractivity contribution in [2.24, 2.45) is 0 Å². The maximum absolute atomic E-state index is 5.57. The average Bonchev–Trinajstić information content (AvgIpc) is 3.14. The Labute approximate surface area is 161 Å². The van der Waals surface area contributed by atoms with Crippen molar-refractivity contribution in [3.8, 4) is 0 Å². The van der Waals surface area contributed by atoms with E-state index in [0.29, 0.717) is 18.1 Å². The summed E-state index contributed by atoms with van der Waals surface area (Å²) in [6.07, 6.45) is 6.61. The van der Waals surface area contributed by atoms with E-state index >= 15 is 0 Å². The van der Waals surface area contributed by atoms with Crippen molar-refractivity contribution in [3.05, 3.63) is 53.5 Å². The van der Waals surface area contributed by atoms with Crippen LogP contribution in [-0.4, -0.2) is 28.1 Å². The summed E-state index contributed by atoms with van der Waals surface area (Å²) in [5.74, 6) is 1.07. The van der Waals surface area contributed by atoms with E-state index in [1.165, 1.54) is 24.0 Å². The molecular formula is C21H27N3OS. The van der Waals surface area contributed by atoms with Gasteiger partial charge in [0.05, 0.1) is 12.8 Å². The lowest BCUT2D eigenvalue weighted by Crippen LogP contribution is -2.50. The Balaban J connectivity index is 1.33. The number of thiocarbonyl (C=S) groups is 1. The van der Waals surface area contributed by atoms with Crippen LogP contribution in [0.4, 0.5) is 5.69 Å². The molecule has 2 N–H and O–H groups in total. The van der Waals surface area contributed by atoms with Gasteiger partial charge in [-0.2, -0.15) is 0 Å². The highest BCUT2D eigenvalue weighted by molar-refractivity contribution is 7.80. The number of rotatable bonds is 4. The number of aryl methyl sites for hydroxylation is 2. The van der Waals surface area contributed by atoms with E-state index in [2.05, 4.69) is 53.6 Å². The molecule has 4 rings (SSSR count). The van der Waals surface area contributed by atoms with Crippen LogP contribution in [-0.2, 0) is 6.54 Å². The fraction of sp³-hybridized carbons (Fsp3) is 0.476. The molecule has 3 heterocycles. The van der Waals surface area contributed by atoms with Gasteiger partial charge in [0.2, 0.25) is 0 Å². The minimum atomic E-state index is 0.450. The van der Waals surface area contributed by atoms with E-state index in [1.807, 2.05) is 6.07 Å². The highest BCUT2D eigenvalue weighted by atomic mass is 32.1. The third kappa shape index (κ3) is 3.94. The molecule has 26 heavy (non-hydrogen) atoms. The van der Waals surface area contributed by atoms with Gasteiger partial charge in [0.1, 0.15) is 5.76 Å². The van der Waals surface area contributed by atoms with Crippen LogP contribution in [0.2, 0.25) is 0 Å². The van der Waals surface area contributed by atoms with Crippen LogP contribution in [0.3, 0.4) is 0 Å². The number of anilines is 1. The highest BCUT2D eigenvalue weighted by Crippen LogP contribution is 2.36. The van der Waals surface area contributed by atoms with Crippen molar-refractivity contribution in [1.29, 1.82) is 0 Å². The van der Waals surface area contributed by atoms with Gasteiger partial charge in [0.15, 0.2) is 5.11 Å². The third-order valence-corrected chi connectivity index (χ3v) is 5.84. The number of nitrogens with one attached hydrogen (secondary N) is 2. The predicted molar refractivity (Wildman–Crippen MR) is 109 cm³/mol. The Hall–Kier alpha value is -1.85. The quantitative estimate of drug-likeness (QED) is 0.783. The first-order valence-corrected chi connectivity index (χ1v) is 9.91. The summed E-state index contributed by atoms with van der Waals surface area (Å²) >= 11 is 5.57. The highest BCUT2D eigenvalue weighted by Gasteiger charge is 2.41. The summed E-state index contributed by atoms with van der Waals surface area (Å²) in [5.41, 5.74) is 3.57. The van der Waals surface area contributed by atoms with Crippen LogP contribution in [0.15, 0.2) is 41.0 Å². The maximum Gasteiger partial charge on any atom is 0.170 e. The SMILES string of the molecule is Cc1cc(C)cc(NC(=S)NC2C[C@H]3CC[C@@H](C2)N3Cc2ccco2)c1. The molecule has 1 unspecified atom stereocenters. The number of hydrogen-bond donors (Lipinski definition) is 2. The molecule has 4 nitrogen and oxygen atoms in total. The van der Waals surface area contributed by atoms with Gasteiger partial charge in [-0.05, 0) is 87.1 Å². The van der Waals surface area contributed by atoms with Crippen LogP contribution in [0.25, 0.3) is 0 Å². The van der Waals surface area contributed by atoms with Crippen molar-refractivity contribution in [2.45, 2.75) is 64.2 Å². The van der Waals surface area contributed by atoms with Crippen LogP contribution in [0.5, 0.6) is 0 Å². The molecular weight excluding hydrogens is 342 g/mol. The topological polar surface area (TPSA) is 40.4 Å². The average molecular weight is 370 g/mol. The third-order valence-electron chi connectivity index (χ3n) is 5.62. The molecule has 138 valence electrons. The monoisotopic (exact) mass is 369 g/mol. The number of benzene rings is 1. The van der Waals surface area contributed by atoms with Gasteiger partial charge in [0.25, 0.3) is 0 Å². The first kappa shape index (κ1) is 17.6. The summed E-state index contributed by atoms with van der Waals surface area (Å²) in [6.45, 7) is 5.16. The second-order valence-electron chi connectivity index (χ2n) is 7.78. The summed E-state index contributed by atoms with van der Waals surface area (Å²) < 4.78 is 5.55. The fourth-order valence-electron chi connectivity index (χ4n) is 4.63. The van der Waals surface area contributed by atoms with E-state index in [-0.39, 0.29) is 0 Å². The lowest BCUT2D eigenvalue weighted by Gasteiger charge is -2.39. The molecule has 2 saturated heterocycles. The summed E-state index contributed by atoms with van der Waals surface area (Å²) in [7, 11) is 0. The normalized spacial score (nSPS) is 25.2. The summed E-state index contributed by atoms with van der Waals surface area (Å²) in [6, 6.07) is 12.2. The van der Waals surface area contributed by atoms with Crippen LogP contribution in [0.1, 0.15) is 42.6 Å². The molecule has 0 spiro atoms. The first-order valence-electron chi connectivity index (χ1n) is 9.51. The molecule has 2 fully saturated rings. The largest absolute Gasteiger partial charge is 0.468 e. The number of piperidine rings is 1. The van der Waals surface area contributed by atoms with Gasteiger partial charge in [-0.1, -0.05) is 6.07 Å². The summed E-state index contributed by atoms with van der Waals surface area (Å²) in [4.78, 5) is 2.62. The van der Waals surface area contributed by atoms with Crippen molar-refractivity contribution < 1.29 is 4.42 Å². The molecule has 2 bridgehead atoms. The van der Waals surface area contributed by atoms with Gasteiger partial charge in [-0.3, -0.25) is 4.90 Å². The van der Waals surface area contributed by atoms with Crippen molar-refractivity contribution in [1.82, 2.24) is 10.2 Å². The number of nitrogens with zero attached hydrogens (tertiary/aromatic N) is 1. The molecule has 1 aromatic heterocycles. The zero-order chi connectivity index (χ0) is 18.1. The standard InChI is InChI=1S/C21H27N3OS/c1-14-8-15(2)10-16(9-14)22-21(26)23-17-11-18-5-6-19(12-17)24(18)13-20-4-3-7-25-20/h3-4,7-10,17-19H,5-6,11-13H2,1-2H3,(H2,22,23,26)/t17?,18-,19+. The Kier molecular flexibility index (Phi) is 5.00. The van der Waals surface area contributed by atoms with Crippen molar-refractivity contribution >= 4 is 23.0 Å². The molecule has 0 amide bonds. The smallest absolute Gasteiger partial charge is 0.170 e. The first-order chi connectivity index (χ1) is 12.6. The van der Waals surface area contributed by atoms with E-state index < -0.39 is 0 Å². The second-order valence-corrected chi connectivity index (χ2v) is 8.19. The van der Waals surface area contributed by atoms with E-state index in [0.717, 1.165) is 35.9 Å². The van der Waals surface area contributed by atoms with Crippen LogP contribution < -0.4 is 10.6 Å².